The van der Waals surface area contributed by atoms with Crippen molar-refractivity contribution in [2.24, 2.45) is 10.7 Å². The van der Waals surface area contributed by atoms with Gasteiger partial charge in [0.25, 0.3) is 0 Å². The van der Waals surface area contributed by atoms with Crippen LogP contribution in [0.1, 0.15) is 54.7 Å². The number of unbranched alkanes of at least 4 members (excludes halogenated alkanes) is 1. The van der Waals surface area contributed by atoms with Gasteiger partial charge in [0, 0.05) is 25.6 Å². The summed E-state index contributed by atoms with van der Waals surface area (Å²) in [6.07, 6.45) is 2.98. The van der Waals surface area contributed by atoms with Crippen LogP contribution in [0.2, 0.25) is 0 Å². The normalized spacial score (nSPS) is 25.8. The third kappa shape index (κ3) is 4.17. The van der Waals surface area contributed by atoms with E-state index in [0.717, 1.165) is 36.0 Å². The number of aromatic nitrogens is 1. The number of likely N-dealkylation sites (tertiary alicyclic amines) is 1. The van der Waals surface area contributed by atoms with Crippen molar-refractivity contribution in [3.8, 4) is 0 Å². The fourth-order valence-corrected chi connectivity index (χ4v) is 7.42. The van der Waals surface area contributed by atoms with Crippen molar-refractivity contribution in [2.75, 3.05) is 26.7 Å². The molecule has 8 nitrogen and oxygen atoms in total. The van der Waals surface area contributed by atoms with Crippen LogP contribution in [0.5, 0.6) is 0 Å². The van der Waals surface area contributed by atoms with E-state index in [9.17, 15) is 17.6 Å². The average molecular weight is 520 g/mol. The Morgan fingerprint density at radius 1 is 1.22 bits per heavy atom. The highest BCUT2D eigenvalue weighted by Crippen LogP contribution is 2.51. The van der Waals surface area contributed by atoms with Crippen LogP contribution in [-0.2, 0) is 22.0 Å². The van der Waals surface area contributed by atoms with Gasteiger partial charge in [0.15, 0.2) is 5.78 Å². The summed E-state index contributed by atoms with van der Waals surface area (Å²) in [4.78, 5) is 23.2. The highest BCUT2D eigenvalue weighted by atomic mass is 32.2. The van der Waals surface area contributed by atoms with Gasteiger partial charge in [0.1, 0.15) is 27.6 Å². The Morgan fingerprint density at radius 3 is 2.64 bits per heavy atom. The van der Waals surface area contributed by atoms with E-state index in [-0.39, 0.29) is 42.4 Å². The molecule has 0 saturated carbocycles. The minimum absolute atomic E-state index is 0.0665. The summed E-state index contributed by atoms with van der Waals surface area (Å²) >= 11 is 0. The smallest absolute Gasteiger partial charge is 0.247 e. The van der Waals surface area contributed by atoms with E-state index in [1.165, 1.54) is 31.3 Å². The Bertz CT molecular complexity index is 1300. The molecule has 1 aromatic carbocycles. The molecular formula is C25H31F2N5O3S. The third-order valence-electron chi connectivity index (χ3n) is 7.47. The molecule has 2 aromatic rings. The highest BCUT2D eigenvalue weighted by Gasteiger charge is 2.65. The minimum Gasteiger partial charge on any atom is -0.369 e. The molecule has 1 fully saturated rings. The molecule has 0 unspecified atom stereocenters. The van der Waals surface area contributed by atoms with E-state index in [2.05, 4.69) is 21.8 Å². The second kappa shape index (κ2) is 9.51. The second-order valence-corrected chi connectivity index (χ2v) is 11.9. The molecule has 0 amide bonds. The van der Waals surface area contributed by atoms with Crippen molar-refractivity contribution in [3.63, 3.8) is 0 Å². The predicted molar refractivity (Wildman–Crippen MR) is 133 cm³/mol. The summed E-state index contributed by atoms with van der Waals surface area (Å²) in [5.74, 6) is -1.78. The third-order valence-corrected chi connectivity index (χ3v) is 10.1. The van der Waals surface area contributed by atoms with Gasteiger partial charge in [-0.2, -0.15) is 0 Å². The van der Waals surface area contributed by atoms with E-state index < -0.39 is 31.9 Å². The fourth-order valence-electron chi connectivity index (χ4n) is 5.25. The maximum atomic E-state index is 15.4. The maximum Gasteiger partial charge on any atom is 0.247 e. The number of hydrogen-bond acceptors (Lipinski definition) is 7. The lowest BCUT2D eigenvalue weighted by Gasteiger charge is -2.48. The molecule has 2 N–H and O–H groups in total. The standard InChI is InChI=1S/C25H31F2N5O3S/c1-4-5-11-32-12-10-25(16-32)24(2,30-23(28)31(3)36(25,34)35)19-13-17(6-8-20(19)27)14-22(33)21-9-7-18(26)15-29-21/h6-9,13,15H,4-5,10-12,14,16H2,1-3H3,(H2,28,30)/t24-,25+/m1/s1. The van der Waals surface area contributed by atoms with Gasteiger partial charge in [-0.05, 0) is 62.7 Å². The molecule has 36 heavy (non-hydrogen) atoms. The summed E-state index contributed by atoms with van der Waals surface area (Å²) in [6.45, 7) is 5.13. The van der Waals surface area contributed by atoms with E-state index >= 15 is 4.39 Å². The van der Waals surface area contributed by atoms with Crippen LogP contribution in [0.4, 0.5) is 8.78 Å². The summed E-state index contributed by atoms with van der Waals surface area (Å²) in [5.41, 5.74) is 5.14. The molecule has 0 radical (unpaired) electrons. The second-order valence-electron chi connectivity index (χ2n) is 9.66. The van der Waals surface area contributed by atoms with Crippen molar-refractivity contribution >= 4 is 21.8 Å². The zero-order valence-corrected chi connectivity index (χ0v) is 21.5. The maximum absolute atomic E-state index is 15.4. The number of nitrogens with two attached hydrogens (primary N) is 1. The Hall–Kier alpha value is -2.92. The lowest BCUT2D eigenvalue weighted by molar-refractivity contribution is 0.0988. The van der Waals surface area contributed by atoms with E-state index in [0.29, 0.717) is 12.1 Å². The first-order valence-electron chi connectivity index (χ1n) is 11.9. The summed E-state index contributed by atoms with van der Waals surface area (Å²) in [5, 5.41) is 0. The van der Waals surface area contributed by atoms with Gasteiger partial charge >= 0.3 is 0 Å². The van der Waals surface area contributed by atoms with Gasteiger partial charge in [-0.3, -0.25) is 9.78 Å². The number of benzene rings is 1. The lowest BCUT2D eigenvalue weighted by atomic mass is 9.77. The molecule has 2 aliphatic rings. The van der Waals surface area contributed by atoms with Crippen LogP contribution < -0.4 is 5.73 Å². The molecule has 194 valence electrons. The molecule has 3 heterocycles. The van der Waals surface area contributed by atoms with Gasteiger partial charge in [0.2, 0.25) is 16.0 Å². The lowest BCUT2D eigenvalue weighted by Crippen LogP contribution is -2.66. The molecule has 0 aliphatic carbocycles. The van der Waals surface area contributed by atoms with Crippen molar-refractivity contribution in [1.82, 2.24) is 14.2 Å². The van der Waals surface area contributed by atoms with Crippen LogP contribution in [0, 0.1) is 11.6 Å². The van der Waals surface area contributed by atoms with Gasteiger partial charge < -0.3 is 10.6 Å². The first-order valence-corrected chi connectivity index (χ1v) is 13.4. The van der Waals surface area contributed by atoms with Gasteiger partial charge in [0.05, 0.1) is 6.20 Å². The number of pyridine rings is 1. The SMILES string of the molecule is CCCCN1CC[C@]2(C1)[C@@](C)(c1cc(CC(=O)c3ccc(F)cn3)ccc1F)N=C(N)N(C)S2(=O)=O. The molecular weight excluding hydrogens is 488 g/mol. The fraction of sp³-hybridized carbons (Fsp3) is 0.480. The number of carbonyl (C=O) groups excluding carboxylic acids is 1. The molecule has 4 rings (SSSR count). The summed E-state index contributed by atoms with van der Waals surface area (Å²) < 4.78 is 55.9. The van der Waals surface area contributed by atoms with Gasteiger partial charge in [-0.25, -0.2) is 26.5 Å². The molecule has 1 spiro atoms. The van der Waals surface area contributed by atoms with Crippen molar-refractivity contribution in [3.05, 3.63) is 65.0 Å². The number of Topliss-reactive ketones (excluding diaryl/α,β-unsaturated/α-hetero) is 1. The van der Waals surface area contributed by atoms with Crippen LogP contribution in [0.25, 0.3) is 0 Å². The Kier molecular flexibility index (Phi) is 6.91. The Morgan fingerprint density at radius 2 is 1.97 bits per heavy atom. The first-order chi connectivity index (χ1) is 16.9. The Labute approximate surface area is 210 Å². The molecule has 2 atom stereocenters. The topological polar surface area (TPSA) is 109 Å². The Balaban J connectivity index is 1.78. The van der Waals surface area contributed by atoms with Crippen molar-refractivity contribution in [2.45, 2.75) is 49.8 Å². The van der Waals surface area contributed by atoms with E-state index in [4.69, 9.17) is 5.73 Å². The highest BCUT2D eigenvalue weighted by molar-refractivity contribution is 7.91. The number of nitrogens with zero attached hydrogens (tertiary/aromatic N) is 4. The molecule has 0 bridgehead atoms. The van der Waals surface area contributed by atoms with Crippen LogP contribution >= 0.6 is 0 Å². The zero-order valence-electron chi connectivity index (χ0n) is 20.7. The molecule has 1 saturated heterocycles. The average Bonchev–Trinajstić information content (AvgIpc) is 3.29. The largest absolute Gasteiger partial charge is 0.369 e. The number of ketones is 1. The van der Waals surface area contributed by atoms with Gasteiger partial charge in [-0.1, -0.05) is 19.4 Å². The van der Waals surface area contributed by atoms with E-state index in [1.54, 1.807) is 6.92 Å². The number of halogens is 2. The molecule has 1 aromatic heterocycles. The summed E-state index contributed by atoms with van der Waals surface area (Å²) in [6, 6.07) is 6.61. The number of aliphatic imine (C=N–C) groups is 1. The molecule has 11 heteroatoms. The number of sulfonamides is 1. The quantitative estimate of drug-likeness (QED) is 0.564. The number of guanidine groups is 1. The van der Waals surface area contributed by atoms with Crippen LogP contribution in [0.15, 0.2) is 41.5 Å². The van der Waals surface area contributed by atoms with Crippen LogP contribution in [0.3, 0.4) is 0 Å². The number of hydrogen-bond donors (Lipinski definition) is 1. The minimum atomic E-state index is -4.01. The molecule has 2 aliphatic heterocycles. The van der Waals surface area contributed by atoms with E-state index in [1.807, 2.05) is 0 Å². The van der Waals surface area contributed by atoms with Gasteiger partial charge in [-0.15, -0.1) is 0 Å². The predicted octanol–water partition coefficient (Wildman–Crippen LogP) is 2.83. The summed E-state index contributed by atoms with van der Waals surface area (Å²) in [7, 11) is -2.64. The van der Waals surface area contributed by atoms with Crippen molar-refractivity contribution < 1.29 is 22.0 Å². The number of carbonyl (C=O) groups is 1. The van der Waals surface area contributed by atoms with Crippen LogP contribution in [-0.4, -0.2) is 65.8 Å². The monoisotopic (exact) mass is 519 g/mol. The first kappa shape index (κ1) is 26.2. The zero-order chi connectivity index (χ0) is 26.3. The van der Waals surface area contributed by atoms with Crippen molar-refractivity contribution in [1.29, 1.82) is 0 Å². The number of rotatable bonds is 7.